The molecule has 2 rings (SSSR count). The highest BCUT2D eigenvalue weighted by Gasteiger charge is 2.24. The smallest absolute Gasteiger partial charge is 0.146 e. The zero-order valence-corrected chi connectivity index (χ0v) is 12.6. The fourth-order valence-electron chi connectivity index (χ4n) is 2.30. The third-order valence-electron chi connectivity index (χ3n) is 3.63. The van der Waals surface area contributed by atoms with Gasteiger partial charge in [0.25, 0.3) is 0 Å². The van der Waals surface area contributed by atoms with Gasteiger partial charge in [-0.15, -0.1) is 0 Å². The molecule has 1 heterocycles. The van der Waals surface area contributed by atoms with E-state index in [0.717, 1.165) is 25.3 Å². The molecule has 1 saturated heterocycles. The first-order chi connectivity index (χ1) is 8.89. The molecule has 0 spiro atoms. The molecule has 0 saturated carbocycles. The summed E-state index contributed by atoms with van der Waals surface area (Å²) in [6, 6.07) is 5.05. The number of hydrogen-bond acceptors (Lipinski definition) is 3. The van der Waals surface area contributed by atoms with Gasteiger partial charge >= 0.3 is 0 Å². The van der Waals surface area contributed by atoms with E-state index in [-0.39, 0.29) is 10.6 Å². The van der Waals surface area contributed by atoms with Crippen molar-refractivity contribution in [1.29, 1.82) is 0 Å². The van der Waals surface area contributed by atoms with Crippen LogP contribution in [0.5, 0.6) is 0 Å². The molecule has 1 aromatic carbocycles. The summed E-state index contributed by atoms with van der Waals surface area (Å²) in [4.78, 5) is 2.11. The number of nitrogens with zero attached hydrogens (tertiary/aromatic N) is 1. The van der Waals surface area contributed by atoms with Crippen molar-refractivity contribution in [3.05, 3.63) is 29.6 Å². The molecule has 1 N–H and O–H groups in total. The Kier molecular flexibility index (Phi) is 4.41. The Morgan fingerprint density at radius 1 is 1.37 bits per heavy atom. The van der Waals surface area contributed by atoms with Gasteiger partial charge in [0, 0.05) is 23.6 Å². The molecule has 106 valence electrons. The van der Waals surface area contributed by atoms with Gasteiger partial charge in [-0.05, 0) is 31.0 Å². The molecule has 1 fully saturated rings. The van der Waals surface area contributed by atoms with E-state index in [1.165, 1.54) is 6.07 Å². The molecular formula is C15H22FNOS. The predicted molar refractivity (Wildman–Crippen MR) is 80.4 cm³/mol. The lowest BCUT2D eigenvalue weighted by Gasteiger charge is -2.25. The molecule has 0 radical (unpaired) electrons. The van der Waals surface area contributed by atoms with Gasteiger partial charge < -0.3 is 10.0 Å². The van der Waals surface area contributed by atoms with E-state index < -0.39 is 6.10 Å². The lowest BCUT2D eigenvalue weighted by atomic mass is 10.1. The second-order valence-electron chi connectivity index (χ2n) is 5.73. The lowest BCUT2D eigenvalue weighted by molar-refractivity contribution is 0.199. The molecule has 1 aliphatic heterocycles. The quantitative estimate of drug-likeness (QED) is 0.897. The van der Waals surface area contributed by atoms with Gasteiger partial charge in [-0.3, -0.25) is 0 Å². The first-order valence-corrected chi connectivity index (χ1v) is 7.74. The minimum atomic E-state index is -0.623. The third kappa shape index (κ3) is 3.63. The zero-order valence-electron chi connectivity index (χ0n) is 11.8. The Morgan fingerprint density at radius 3 is 2.74 bits per heavy atom. The SMILES string of the molecule is C[C@@H](O)c1ccc(N2CCSC(C)(C)CC2)c(F)c1. The van der Waals surface area contributed by atoms with Crippen LogP contribution in [-0.2, 0) is 0 Å². The van der Waals surface area contributed by atoms with Gasteiger partial charge in [0.15, 0.2) is 0 Å². The Hall–Kier alpha value is -0.740. The number of thioether (sulfide) groups is 1. The van der Waals surface area contributed by atoms with Gasteiger partial charge in [-0.2, -0.15) is 11.8 Å². The Labute approximate surface area is 119 Å². The van der Waals surface area contributed by atoms with E-state index in [4.69, 9.17) is 0 Å². The van der Waals surface area contributed by atoms with Crippen molar-refractivity contribution in [3.8, 4) is 0 Å². The fourth-order valence-corrected chi connectivity index (χ4v) is 3.40. The molecule has 19 heavy (non-hydrogen) atoms. The van der Waals surface area contributed by atoms with Crippen LogP contribution in [0.1, 0.15) is 38.9 Å². The highest BCUT2D eigenvalue weighted by atomic mass is 32.2. The molecule has 0 unspecified atom stereocenters. The average Bonchev–Trinajstić information content (AvgIpc) is 2.50. The van der Waals surface area contributed by atoms with Crippen molar-refractivity contribution in [2.75, 3.05) is 23.7 Å². The standard InChI is InChI=1S/C15H22FNOS/c1-11(18)12-4-5-14(13(16)10-12)17-7-6-15(2,3)19-9-8-17/h4-5,10-11,18H,6-9H2,1-3H3/t11-/m1/s1. The van der Waals surface area contributed by atoms with Crippen LogP contribution in [0.15, 0.2) is 18.2 Å². The second-order valence-corrected chi connectivity index (χ2v) is 7.53. The van der Waals surface area contributed by atoms with E-state index in [1.807, 2.05) is 17.8 Å². The molecule has 1 atom stereocenters. The first-order valence-electron chi connectivity index (χ1n) is 6.75. The van der Waals surface area contributed by atoms with Gasteiger partial charge in [0.1, 0.15) is 5.82 Å². The number of halogens is 1. The molecule has 2 nitrogen and oxygen atoms in total. The highest BCUT2D eigenvalue weighted by Crippen LogP contribution is 2.33. The fraction of sp³-hybridized carbons (Fsp3) is 0.600. The van der Waals surface area contributed by atoms with Crippen molar-refractivity contribution in [1.82, 2.24) is 0 Å². The van der Waals surface area contributed by atoms with Crippen molar-refractivity contribution < 1.29 is 9.50 Å². The molecule has 0 amide bonds. The largest absolute Gasteiger partial charge is 0.389 e. The summed E-state index contributed by atoms with van der Waals surface area (Å²) in [5, 5.41) is 9.48. The lowest BCUT2D eigenvalue weighted by Crippen LogP contribution is -2.27. The number of aliphatic hydroxyl groups excluding tert-OH is 1. The monoisotopic (exact) mass is 283 g/mol. The number of hydrogen-bond donors (Lipinski definition) is 1. The van der Waals surface area contributed by atoms with Crippen molar-refractivity contribution in [3.63, 3.8) is 0 Å². The summed E-state index contributed by atoms with van der Waals surface area (Å²) in [6.07, 6.45) is 0.428. The van der Waals surface area contributed by atoms with Gasteiger partial charge in [-0.25, -0.2) is 4.39 Å². The van der Waals surface area contributed by atoms with Gasteiger partial charge in [0.05, 0.1) is 11.8 Å². The molecule has 0 aliphatic carbocycles. The van der Waals surface area contributed by atoms with E-state index in [9.17, 15) is 9.50 Å². The minimum Gasteiger partial charge on any atom is -0.389 e. The van der Waals surface area contributed by atoms with Crippen LogP contribution in [-0.4, -0.2) is 28.7 Å². The third-order valence-corrected chi connectivity index (χ3v) is 5.00. The normalized spacial score (nSPS) is 21.0. The van der Waals surface area contributed by atoms with Crippen molar-refractivity contribution in [2.24, 2.45) is 0 Å². The van der Waals surface area contributed by atoms with Crippen molar-refractivity contribution in [2.45, 2.75) is 38.0 Å². The van der Waals surface area contributed by atoms with Crippen LogP contribution in [0.3, 0.4) is 0 Å². The van der Waals surface area contributed by atoms with Crippen LogP contribution in [0.25, 0.3) is 0 Å². The number of rotatable bonds is 2. The summed E-state index contributed by atoms with van der Waals surface area (Å²) in [7, 11) is 0. The van der Waals surface area contributed by atoms with Crippen LogP contribution < -0.4 is 4.90 Å². The second kappa shape index (κ2) is 5.71. The minimum absolute atomic E-state index is 0.233. The molecular weight excluding hydrogens is 261 g/mol. The van der Waals surface area contributed by atoms with Crippen LogP contribution in [0.2, 0.25) is 0 Å². The van der Waals surface area contributed by atoms with Crippen molar-refractivity contribution >= 4 is 17.4 Å². The Morgan fingerprint density at radius 2 is 2.11 bits per heavy atom. The summed E-state index contributed by atoms with van der Waals surface area (Å²) >= 11 is 1.95. The Balaban J connectivity index is 2.18. The summed E-state index contributed by atoms with van der Waals surface area (Å²) in [5.41, 5.74) is 1.29. The molecule has 0 aromatic heterocycles. The summed E-state index contributed by atoms with van der Waals surface area (Å²) in [6.45, 7) is 7.89. The molecule has 1 aliphatic rings. The van der Waals surface area contributed by atoms with E-state index >= 15 is 0 Å². The maximum absolute atomic E-state index is 14.2. The number of benzene rings is 1. The first kappa shape index (κ1) is 14.7. The number of anilines is 1. The predicted octanol–water partition coefficient (Wildman–Crippen LogP) is 3.60. The average molecular weight is 283 g/mol. The van der Waals surface area contributed by atoms with Gasteiger partial charge in [0.2, 0.25) is 0 Å². The van der Waals surface area contributed by atoms with Gasteiger partial charge in [-0.1, -0.05) is 19.9 Å². The summed E-state index contributed by atoms with van der Waals surface area (Å²) < 4.78 is 14.4. The van der Waals surface area contributed by atoms with Crippen LogP contribution in [0, 0.1) is 5.82 Å². The number of aliphatic hydroxyl groups is 1. The topological polar surface area (TPSA) is 23.5 Å². The molecule has 1 aromatic rings. The van der Waals surface area contributed by atoms with E-state index in [0.29, 0.717) is 11.3 Å². The summed E-state index contributed by atoms with van der Waals surface area (Å²) in [5.74, 6) is 0.785. The van der Waals surface area contributed by atoms with Crippen LogP contribution >= 0.6 is 11.8 Å². The van der Waals surface area contributed by atoms with Crippen LogP contribution in [0.4, 0.5) is 10.1 Å². The molecule has 0 bridgehead atoms. The highest BCUT2D eigenvalue weighted by molar-refractivity contribution is 8.00. The Bertz CT molecular complexity index is 448. The van der Waals surface area contributed by atoms with E-state index in [2.05, 4.69) is 18.7 Å². The zero-order chi connectivity index (χ0) is 14.0. The maximum atomic E-state index is 14.2. The molecule has 4 heteroatoms. The maximum Gasteiger partial charge on any atom is 0.146 e. The van der Waals surface area contributed by atoms with E-state index in [1.54, 1.807) is 13.0 Å².